The molecule has 0 radical (unpaired) electrons. The van der Waals surface area contributed by atoms with Gasteiger partial charge in [0.2, 0.25) is 0 Å². The Labute approximate surface area is 77.7 Å². The number of ketones is 1. The molecule has 2 nitrogen and oxygen atoms in total. The molecular weight excluding hydrogens is 225 g/mol. The van der Waals surface area contributed by atoms with Crippen LogP contribution in [0, 0.1) is 5.82 Å². The van der Waals surface area contributed by atoms with E-state index < -0.39 is 5.82 Å². The summed E-state index contributed by atoms with van der Waals surface area (Å²) in [7, 11) is 0. The van der Waals surface area contributed by atoms with Gasteiger partial charge in [-0.15, -0.1) is 0 Å². The predicted molar refractivity (Wildman–Crippen MR) is 48.5 cm³/mol. The van der Waals surface area contributed by atoms with Crippen LogP contribution >= 0.6 is 15.9 Å². The summed E-state index contributed by atoms with van der Waals surface area (Å²) in [5.41, 5.74) is 5.98. The minimum Gasteiger partial charge on any atom is -0.398 e. The molecule has 0 aliphatic rings. The maximum absolute atomic E-state index is 12.9. The number of nitrogen functional groups attached to an aromatic ring is 1. The molecule has 0 aromatic heterocycles. The SMILES string of the molecule is CC(=O)c1cc(F)c(Br)cc1N. The quantitative estimate of drug-likeness (QED) is 0.596. The standard InChI is InChI=1S/C8H7BrFNO/c1-4(12)5-2-7(10)6(9)3-8(5)11/h2-3H,11H2,1H3. The highest BCUT2D eigenvalue weighted by atomic mass is 79.9. The van der Waals surface area contributed by atoms with Crippen LogP contribution in [-0.4, -0.2) is 5.78 Å². The van der Waals surface area contributed by atoms with Crippen molar-refractivity contribution in [2.24, 2.45) is 0 Å². The van der Waals surface area contributed by atoms with E-state index in [2.05, 4.69) is 15.9 Å². The van der Waals surface area contributed by atoms with Gasteiger partial charge in [-0.1, -0.05) is 0 Å². The van der Waals surface area contributed by atoms with Crippen LogP contribution in [0.15, 0.2) is 16.6 Å². The van der Waals surface area contributed by atoms with Gasteiger partial charge in [-0.2, -0.15) is 0 Å². The summed E-state index contributed by atoms with van der Waals surface area (Å²) in [4.78, 5) is 10.9. The van der Waals surface area contributed by atoms with Crippen molar-refractivity contribution in [3.63, 3.8) is 0 Å². The lowest BCUT2D eigenvalue weighted by Gasteiger charge is -2.02. The van der Waals surface area contributed by atoms with E-state index in [4.69, 9.17) is 5.73 Å². The molecule has 1 rings (SSSR count). The number of carbonyl (C=O) groups excluding carboxylic acids is 1. The zero-order valence-corrected chi connectivity index (χ0v) is 7.98. The molecule has 4 heteroatoms. The average molecular weight is 232 g/mol. The average Bonchev–Trinajstić information content (AvgIpc) is 1.96. The Morgan fingerprint density at radius 1 is 1.58 bits per heavy atom. The van der Waals surface area contributed by atoms with E-state index >= 15 is 0 Å². The minimum atomic E-state index is -0.477. The number of anilines is 1. The first-order chi connectivity index (χ1) is 5.52. The van der Waals surface area contributed by atoms with Crippen LogP contribution in [-0.2, 0) is 0 Å². The van der Waals surface area contributed by atoms with Crippen molar-refractivity contribution in [2.75, 3.05) is 5.73 Å². The third-order valence-corrected chi connectivity index (χ3v) is 2.08. The minimum absolute atomic E-state index is 0.218. The van der Waals surface area contributed by atoms with Gasteiger partial charge in [0.15, 0.2) is 5.78 Å². The summed E-state index contributed by atoms with van der Waals surface area (Å²) >= 11 is 2.96. The van der Waals surface area contributed by atoms with Crippen molar-refractivity contribution >= 4 is 27.4 Å². The molecule has 0 saturated carbocycles. The van der Waals surface area contributed by atoms with E-state index in [0.717, 1.165) is 6.07 Å². The van der Waals surface area contributed by atoms with Gasteiger partial charge in [-0.25, -0.2) is 4.39 Å². The summed E-state index contributed by atoms with van der Waals surface area (Å²) in [6.45, 7) is 1.35. The van der Waals surface area contributed by atoms with E-state index in [1.54, 1.807) is 0 Å². The Balaban J connectivity index is 3.33. The number of hydrogen-bond acceptors (Lipinski definition) is 2. The first-order valence-corrected chi connectivity index (χ1v) is 4.07. The van der Waals surface area contributed by atoms with Crippen LogP contribution in [0.1, 0.15) is 17.3 Å². The fraction of sp³-hybridized carbons (Fsp3) is 0.125. The van der Waals surface area contributed by atoms with Gasteiger partial charge >= 0.3 is 0 Å². The molecule has 0 fully saturated rings. The van der Waals surface area contributed by atoms with Crippen LogP contribution in [0.2, 0.25) is 0 Å². The molecule has 0 atom stereocenters. The van der Waals surface area contributed by atoms with Gasteiger partial charge in [-0.3, -0.25) is 4.79 Å². The maximum atomic E-state index is 12.9. The van der Waals surface area contributed by atoms with Gasteiger partial charge in [-0.05, 0) is 35.0 Å². The number of halogens is 2. The zero-order chi connectivity index (χ0) is 9.30. The molecule has 1 aromatic rings. The highest BCUT2D eigenvalue weighted by Crippen LogP contribution is 2.22. The molecule has 0 saturated heterocycles. The highest BCUT2D eigenvalue weighted by Gasteiger charge is 2.08. The molecule has 0 spiro atoms. The van der Waals surface area contributed by atoms with Crippen LogP contribution < -0.4 is 5.73 Å². The van der Waals surface area contributed by atoms with Crippen molar-refractivity contribution in [3.05, 3.63) is 28.0 Å². The van der Waals surface area contributed by atoms with Gasteiger partial charge < -0.3 is 5.73 Å². The van der Waals surface area contributed by atoms with E-state index in [-0.39, 0.29) is 21.5 Å². The number of benzene rings is 1. The Morgan fingerprint density at radius 3 is 2.67 bits per heavy atom. The van der Waals surface area contributed by atoms with Crippen LogP contribution in [0.3, 0.4) is 0 Å². The van der Waals surface area contributed by atoms with Gasteiger partial charge in [0.05, 0.1) is 4.47 Å². The second kappa shape index (κ2) is 3.23. The Hall–Kier alpha value is -0.900. The van der Waals surface area contributed by atoms with E-state index in [1.165, 1.54) is 13.0 Å². The molecular formula is C8H7BrFNO. The topological polar surface area (TPSA) is 43.1 Å². The summed E-state index contributed by atoms with van der Waals surface area (Å²) in [6, 6.07) is 2.51. The van der Waals surface area contributed by atoms with Gasteiger partial charge in [0, 0.05) is 11.3 Å². The molecule has 0 amide bonds. The maximum Gasteiger partial charge on any atom is 0.161 e. The molecule has 1 aromatic carbocycles. The lowest BCUT2D eigenvalue weighted by Crippen LogP contribution is -2.00. The first kappa shape index (κ1) is 9.19. The fourth-order valence-corrected chi connectivity index (χ4v) is 1.23. The van der Waals surface area contributed by atoms with Crippen molar-refractivity contribution in [3.8, 4) is 0 Å². The molecule has 0 bridgehead atoms. The Bertz CT molecular complexity index is 338. The summed E-state index contributed by atoms with van der Waals surface area (Å²) in [5, 5.41) is 0. The van der Waals surface area contributed by atoms with Gasteiger partial charge in [0.25, 0.3) is 0 Å². The summed E-state index contributed by atoms with van der Waals surface area (Å²) < 4.78 is 13.1. The summed E-state index contributed by atoms with van der Waals surface area (Å²) in [5.74, 6) is -0.715. The summed E-state index contributed by atoms with van der Waals surface area (Å²) in [6.07, 6.45) is 0. The molecule has 64 valence electrons. The normalized spacial score (nSPS) is 9.92. The number of hydrogen-bond donors (Lipinski definition) is 1. The lowest BCUT2D eigenvalue weighted by atomic mass is 10.1. The largest absolute Gasteiger partial charge is 0.398 e. The molecule has 0 aliphatic carbocycles. The van der Waals surface area contributed by atoms with Crippen LogP contribution in [0.25, 0.3) is 0 Å². The second-order valence-corrected chi connectivity index (χ2v) is 3.26. The van der Waals surface area contributed by atoms with Crippen molar-refractivity contribution in [1.29, 1.82) is 0 Å². The Kier molecular flexibility index (Phi) is 2.47. The number of carbonyl (C=O) groups is 1. The van der Waals surface area contributed by atoms with Crippen molar-refractivity contribution < 1.29 is 9.18 Å². The second-order valence-electron chi connectivity index (χ2n) is 2.41. The monoisotopic (exact) mass is 231 g/mol. The van der Waals surface area contributed by atoms with Crippen LogP contribution in [0.4, 0.5) is 10.1 Å². The van der Waals surface area contributed by atoms with Crippen LogP contribution in [0.5, 0.6) is 0 Å². The van der Waals surface area contributed by atoms with E-state index in [9.17, 15) is 9.18 Å². The molecule has 0 aliphatic heterocycles. The third-order valence-electron chi connectivity index (χ3n) is 1.47. The smallest absolute Gasteiger partial charge is 0.161 e. The Morgan fingerprint density at radius 2 is 2.17 bits per heavy atom. The molecule has 12 heavy (non-hydrogen) atoms. The first-order valence-electron chi connectivity index (χ1n) is 3.28. The van der Waals surface area contributed by atoms with Crippen molar-refractivity contribution in [2.45, 2.75) is 6.92 Å². The number of rotatable bonds is 1. The lowest BCUT2D eigenvalue weighted by molar-refractivity contribution is 0.101. The number of nitrogens with two attached hydrogens (primary N) is 1. The molecule has 2 N–H and O–H groups in total. The predicted octanol–water partition coefficient (Wildman–Crippen LogP) is 2.37. The highest BCUT2D eigenvalue weighted by molar-refractivity contribution is 9.10. The molecule has 0 unspecified atom stereocenters. The van der Waals surface area contributed by atoms with E-state index in [0.29, 0.717) is 0 Å². The van der Waals surface area contributed by atoms with Gasteiger partial charge in [0.1, 0.15) is 5.82 Å². The molecule has 0 heterocycles. The van der Waals surface area contributed by atoms with Crippen molar-refractivity contribution in [1.82, 2.24) is 0 Å². The van der Waals surface area contributed by atoms with E-state index in [1.807, 2.05) is 0 Å². The zero-order valence-electron chi connectivity index (χ0n) is 6.40. The fourth-order valence-electron chi connectivity index (χ4n) is 0.867. The third kappa shape index (κ3) is 1.64. The number of Topliss-reactive ketones (excluding diaryl/α,β-unsaturated/α-hetero) is 1.